The number of ether oxygens (including phenoxy) is 1. The van der Waals surface area contributed by atoms with E-state index >= 15 is 0 Å². The second-order valence-corrected chi connectivity index (χ2v) is 9.50. The lowest BCUT2D eigenvalue weighted by atomic mass is 10.1. The number of allylic oxidation sites excluding steroid dienone is 1. The van der Waals surface area contributed by atoms with Crippen LogP contribution in [0.2, 0.25) is 0 Å². The summed E-state index contributed by atoms with van der Waals surface area (Å²) in [5, 5.41) is 12.3. The second kappa shape index (κ2) is 11.9. The van der Waals surface area contributed by atoms with Gasteiger partial charge in [0.1, 0.15) is 5.75 Å². The molecule has 4 rings (SSSR count). The number of hydrogen-bond acceptors (Lipinski definition) is 6. The van der Waals surface area contributed by atoms with E-state index in [9.17, 15) is 9.59 Å². The van der Waals surface area contributed by atoms with Crippen molar-refractivity contribution in [1.29, 1.82) is 0 Å². The van der Waals surface area contributed by atoms with E-state index in [0.29, 0.717) is 36.1 Å². The first-order chi connectivity index (χ1) is 17.5. The summed E-state index contributed by atoms with van der Waals surface area (Å²) in [7, 11) is 0. The summed E-state index contributed by atoms with van der Waals surface area (Å²) in [6, 6.07) is 14.7. The van der Waals surface area contributed by atoms with E-state index in [-0.39, 0.29) is 23.6 Å². The number of aromatic nitrogens is 3. The molecule has 9 heteroatoms. The molecule has 188 valence electrons. The maximum Gasteiger partial charge on any atom is 0.254 e. The van der Waals surface area contributed by atoms with Gasteiger partial charge in [-0.1, -0.05) is 35.5 Å². The van der Waals surface area contributed by atoms with Crippen molar-refractivity contribution in [2.75, 3.05) is 24.2 Å². The van der Waals surface area contributed by atoms with Crippen LogP contribution in [0.3, 0.4) is 0 Å². The quantitative estimate of drug-likeness (QED) is 0.312. The monoisotopic (exact) mass is 505 g/mol. The van der Waals surface area contributed by atoms with Crippen LogP contribution in [0, 0.1) is 6.92 Å². The second-order valence-electron chi connectivity index (χ2n) is 8.56. The Morgan fingerprint density at radius 2 is 1.92 bits per heavy atom. The van der Waals surface area contributed by atoms with Gasteiger partial charge in [-0.05, 0) is 63.1 Å². The standard InChI is InChI=1S/C27H31N5O3S/c1-4-16-32-25(23-7-6-17-31(23)26(34)20-10-8-19(3)9-11-20)29-30-27(32)36-18-24(33)28-21-12-14-22(15-13-21)35-5-2/h4,8-15,23H,1,5-7,16-18H2,2-3H3,(H,28,33). The molecule has 8 nitrogen and oxygen atoms in total. The molecule has 1 N–H and O–H groups in total. The number of nitrogens with zero attached hydrogens (tertiary/aromatic N) is 4. The highest BCUT2D eigenvalue weighted by Gasteiger charge is 2.34. The number of amides is 2. The Balaban J connectivity index is 1.44. The molecule has 1 unspecified atom stereocenters. The highest BCUT2D eigenvalue weighted by Crippen LogP contribution is 2.34. The first-order valence-corrected chi connectivity index (χ1v) is 13.1. The Labute approximate surface area is 215 Å². The zero-order valence-corrected chi connectivity index (χ0v) is 21.5. The van der Waals surface area contributed by atoms with Gasteiger partial charge in [-0.25, -0.2) is 0 Å². The lowest BCUT2D eigenvalue weighted by molar-refractivity contribution is -0.113. The highest BCUT2D eigenvalue weighted by atomic mass is 32.2. The molecule has 1 aliphatic rings. The highest BCUT2D eigenvalue weighted by molar-refractivity contribution is 7.99. The van der Waals surface area contributed by atoms with Crippen molar-refractivity contribution in [3.63, 3.8) is 0 Å². The largest absolute Gasteiger partial charge is 0.494 e. The van der Waals surface area contributed by atoms with E-state index in [1.54, 1.807) is 6.08 Å². The molecule has 1 aromatic heterocycles. The fourth-order valence-electron chi connectivity index (χ4n) is 4.22. The number of likely N-dealkylation sites (tertiary alicyclic amines) is 1. The normalized spacial score (nSPS) is 15.1. The van der Waals surface area contributed by atoms with Gasteiger partial charge in [0.15, 0.2) is 11.0 Å². The van der Waals surface area contributed by atoms with E-state index in [0.717, 1.165) is 30.0 Å². The smallest absolute Gasteiger partial charge is 0.254 e. The molecule has 2 heterocycles. The van der Waals surface area contributed by atoms with Crippen LogP contribution in [-0.4, -0.2) is 50.4 Å². The van der Waals surface area contributed by atoms with Crippen LogP contribution >= 0.6 is 11.8 Å². The fourth-order valence-corrected chi connectivity index (χ4v) is 4.98. The molecule has 2 aromatic carbocycles. The Morgan fingerprint density at radius 1 is 1.17 bits per heavy atom. The fraction of sp³-hybridized carbons (Fsp3) is 0.333. The minimum atomic E-state index is -0.168. The van der Waals surface area contributed by atoms with Crippen molar-refractivity contribution in [3.05, 3.63) is 78.1 Å². The van der Waals surface area contributed by atoms with Gasteiger partial charge in [0.25, 0.3) is 5.91 Å². The molecule has 2 amide bonds. The zero-order chi connectivity index (χ0) is 25.5. The molecule has 0 bridgehead atoms. The first-order valence-electron chi connectivity index (χ1n) is 12.1. The predicted molar refractivity (Wildman–Crippen MR) is 141 cm³/mol. The summed E-state index contributed by atoms with van der Waals surface area (Å²) in [5.74, 6) is 1.52. The molecular formula is C27H31N5O3S. The van der Waals surface area contributed by atoms with Crippen LogP contribution in [0.4, 0.5) is 5.69 Å². The molecule has 1 atom stereocenters. The van der Waals surface area contributed by atoms with Crippen molar-refractivity contribution in [2.24, 2.45) is 0 Å². The number of carbonyl (C=O) groups is 2. The van der Waals surface area contributed by atoms with E-state index in [2.05, 4.69) is 22.1 Å². The van der Waals surface area contributed by atoms with Crippen LogP contribution < -0.4 is 10.1 Å². The number of rotatable bonds is 10. The zero-order valence-electron chi connectivity index (χ0n) is 20.6. The van der Waals surface area contributed by atoms with Gasteiger partial charge < -0.3 is 19.5 Å². The van der Waals surface area contributed by atoms with Gasteiger partial charge in [0, 0.05) is 24.3 Å². The molecular weight excluding hydrogens is 474 g/mol. The number of carbonyl (C=O) groups excluding carboxylic acids is 2. The third kappa shape index (κ3) is 5.96. The molecule has 0 spiro atoms. The first kappa shape index (κ1) is 25.5. The molecule has 1 saturated heterocycles. The summed E-state index contributed by atoms with van der Waals surface area (Å²) < 4.78 is 7.39. The third-order valence-electron chi connectivity index (χ3n) is 5.95. The molecule has 0 radical (unpaired) electrons. The van der Waals surface area contributed by atoms with Gasteiger partial charge in [-0.2, -0.15) is 0 Å². The Morgan fingerprint density at radius 3 is 2.61 bits per heavy atom. The van der Waals surface area contributed by atoms with E-state index < -0.39 is 0 Å². The number of hydrogen-bond donors (Lipinski definition) is 1. The Bertz CT molecular complexity index is 1210. The van der Waals surface area contributed by atoms with Crippen LogP contribution in [0.25, 0.3) is 0 Å². The molecule has 0 saturated carbocycles. The third-order valence-corrected chi connectivity index (χ3v) is 6.92. The van der Waals surface area contributed by atoms with Gasteiger partial charge in [0.05, 0.1) is 18.4 Å². The molecule has 3 aromatic rings. The van der Waals surface area contributed by atoms with Crippen LogP contribution in [0.5, 0.6) is 5.75 Å². The minimum Gasteiger partial charge on any atom is -0.494 e. The topological polar surface area (TPSA) is 89.3 Å². The van der Waals surface area contributed by atoms with Crippen LogP contribution in [0.1, 0.15) is 47.6 Å². The average Bonchev–Trinajstić information content (AvgIpc) is 3.51. The van der Waals surface area contributed by atoms with Crippen LogP contribution in [0.15, 0.2) is 66.3 Å². The Kier molecular flexibility index (Phi) is 8.43. The summed E-state index contributed by atoms with van der Waals surface area (Å²) in [6.45, 7) is 9.56. The number of thioether (sulfide) groups is 1. The minimum absolute atomic E-state index is 0.00501. The van der Waals surface area contributed by atoms with E-state index in [1.807, 2.05) is 71.8 Å². The average molecular weight is 506 g/mol. The van der Waals surface area contributed by atoms with E-state index in [4.69, 9.17) is 4.74 Å². The number of aryl methyl sites for hydroxylation is 1. The molecule has 36 heavy (non-hydrogen) atoms. The number of nitrogens with one attached hydrogen (secondary N) is 1. The maximum atomic E-state index is 13.2. The Hall–Kier alpha value is -3.59. The van der Waals surface area contributed by atoms with Gasteiger partial charge in [-0.3, -0.25) is 9.59 Å². The lowest BCUT2D eigenvalue weighted by Gasteiger charge is -2.24. The van der Waals surface area contributed by atoms with Gasteiger partial charge in [0.2, 0.25) is 5.91 Å². The maximum absolute atomic E-state index is 13.2. The summed E-state index contributed by atoms with van der Waals surface area (Å²) in [5.41, 5.74) is 2.49. The van der Waals surface area contributed by atoms with Crippen molar-refractivity contribution in [1.82, 2.24) is 19.7 Å². The molecule has 1 fully saturated rings. The van der Waals surface area contributed by atoms with Crippen molar-refractivity contribution < 1.29 is 14.3 Å². The molecule has 0 aliphatic carbocycles. The van der Waals surface area contributed by atoms with Crippen LogP contribution in [-0.2, 0) is 11.3 Å². The lowest BCUT2D eigenvalue weighted by Crippen LogP contribution is -2.32. The van der Waals surface area contributed by atoms with Gasteiger partial charge in [-0.15, -0.1) is 16.8 Å². The van der Waals surface area contributed by atoms with Crippen molar-refractivity contribution in [3.8, 4) is 5.75 Å². The SMILES string of the molecule is C=CCn1c(SCC(=O)Nc2ccc(OCC)cc2)nnc1C1CCCN1C(=O)c1ccc(C)cc1. The van der Waals surface area contributed by atoms with E-state index in [1.165, 1.54) is 11.8 Å². The summed E-state index contributed by atoms with van der Waals surface area (Å²) >= 11 is 1.31. The number of benzene rings is 2. The summed E-state index contributed by atoms with van der Waals surface area (Å²) in [4.78, 5) is 27.7. The van der Waals surface area contributed by atoms with Gasteiger partial charge >= 0.3 is 0 Å². The number of anilines is 1. The molecule has 1 aliphatic heterocycles. The van der Waals surface area contributed by atoms with Crippen molar-refractivity contribution >= 4 is 29.3 Å². The summed E-state index contributed by atoms with van der Waals surface area (Å²) in [6.07, 6.45) is 3.49. The predicted octanol–water partition coefficient (Wildman–Crippen LogP) is 4.88. The van der Waals surface area contributed by atoms with Crippen molar-refractivity contribution in [2.45, 2.75) is 44.4 Å².